The first-order valence-electron chi connectivity index (χ1n) is 8.28. The summed E-state index contributed by atoms with van der Waals surface area (Å²) in [6.45, 7) is 1.68. The lowest BCUT2D eigenvalue weighted by molar-refractivity contribution is 0.0750. The molecule has 0 saturated carbocycles. The van der Waals surface area contributed by atoms with E-state index < -0.39 is 10.0 Å². The van der Waals surface area contributed by atoms with Gasteiger partial charge < -0.3 is 0 Å². The Morgan fingerprint density at radius 2 is 1.64 bits per heavy atom. The average Bonchev–Trinajstić information content (AvgIpc) is 2.63. The Morgan fingerprint density at radius 3 is 2.36 bits per heavy atom. The van der Waals surface area contributed by atoms with Crippen LogP contribution in [0.3, 0.4) is 0 Å². The van der Waals surface area contributed by atoms with E-state index in [4.69, 9.17) is 0 Å². The van der Waals surface area contributed by atoms with E-state index in [1.54, 1.807) is 42.5 Å². The van der Waals surface area contributed by atoms with Crippen molar-refractivity contribution in [3.05, 3.63) is 60.2 Å². The molecular formula is C18H21N3O3S. The van der Waals surface area contributed by atoms with Gasteiger partial charge in [0.15, 0.2) is 0 Å². The minimum Gasteiger partial charge on any atom is -0.285 e. The molecule has 3 rings (SSSR count). The Labute approximate surface area is 147 Å². The summed E-state index contributed by atoms with van der Waals surface area (Å²) in [5, 5.41) is 1.91. The fraction of sp³-hybridized carbons (Fsp3) is 0.278. The second-order valence-electron chi connectivity index (χ2n) is 5.99. The first kappa shape index (κ1) is 17.4. The highest BCUT2D eigenvalue weighted by Crippen LogP contribution is 2.17. The van der Waals surface area contributed by atoms with Gasteiger partial charge in [0.05, 0.1) is 4.90 Å². The standard InChI is InChI=1S/C18H21N3O3S/c22-18(19-21-12-5-2-6-13-21)15-8-7-9-16(14-15)20-25(23,24)17-10-3-1-4-11-17/h1,3-4,7-11,14,20H,2,5-6,12-13H2,(H,19,22). The second-order valence-corrected chi connectivity index (χ2v) is 7.67. The van der Waals surface area contributed by atoms with Crippen molar-refractivity contribution in [1.82, 2.24) is 10.4 Å². The minimum absolute atomic E-state index is 0.179. The van der Waals surface area contributed by atoms with Gasteiger partial charge in [0.1, 0.15) is 0 Å². The Bertz CT molecular complexity index is 832. The van der Waals surface area contributed by atoms with Crippen LogP contribution < -0.4 is 10.1 Å². The van der Waals surface area contributed by atoms with Crippen LogP contribution in [-0.4, -0.2) is 32.4 Å². The molecule has 2 aromatic rings. The summed E-state index contributed by atoms with van der Waals surface area (Å²) < 4.78 is 27.3. The van der Waals surface area contributed by atoms with Crippen LogP contribution in [0.5, 0.6) is 0 Å². The largest absolute Gasteiger partial charge is 0.285 e. The van der Waals surface area contributed by atoms with E-state index in [0.29, 0.717) is 11.3 Å². The molecule has 0 spiro atoms. The van der Waals surface area contributed by atoms with Crippen LogP contribution in [0, 0.1) is 0 Å². The number of amides is 1. The third-order valence-electron chi connectivity index (χ3n) is 4.05. The third kappa shape index (κ3) is 4.58. The van der Waals surface area contributed by atoms with Crippen molar-refractivity contribution in [2.24, 2.45) is 0 Å². The maximum atomic E-state index is 12.4. The lowest BCUT2D eigenvalue weighted by atomic mass is 10.1. The van der Waals surface area contributed by atoms with Crippen molar-refractivity contribution in [2.45, 2.75) is 24.2 Å². The van der Waals surface area contributed by atoms with Crippen molar-refractivity contribution in [3.63, 3.8) is 0 Å². The molecule has 1 aliphatic heterocycles. The van der Waals surface area contributed by atoms with E-state index in [1.165, 1.54) is 18.6 Å². The summed E-state index contributed by atoms with van der Waals surface area (Å²) in [6, 6.07) is 14.6. The zero-order valence-corrected chi connectivity index (χ0v) is 14.6. The van der Waals surface area contributed by atoms with Gasteiger partial charge in [0.2, 0.25) is 0 Å². The molecule has 0 unspecified atom stereocenters. The first-order chi connectivity index (χ1) is 12.0. The normalized spacial score (nSPS) is 15.5. The maximum Gasteiger partial charge on any atom is 0.265 e. The Kier molecular flexibility index (Phi) is 5.35. The van der Waals surface area contributed by atoms with E-state index in [0.717, 1.165) is 25.9 Å². The summed E-state index contributed by atoms with van der Waals surface area (Å²) in [6.07, 6.45) is 3.32. The summed E-state index contributed by atoms with van der Waals surface area (Å²) in [7, 11) is -3.68. The van der Waals surface area contributed by atoms with Crippen molar-refractivity contribution < 1.29 is 13.2 Å². The van der Waals surface area contributed by atoms with Gasteiger partial charge >= 0.3 is 0 Å². The molecule has 0 atom stereocenters. The van der Waals surface area contributed by atoms with Gasteiger partial charge in [0, 0.05) is 24.3 Å². The first-order valence-corrected chi connectivity index (χ1v) is 9.77. The second kappa shape index (κ2) is 7.67. The van der Waals surface area contributed by atoms with Gasteiger partial charge in [-0.05, 0) is 43.2 Å². The highest BCUT2D eigenvalue weighted by atomic mass is 32.2. The van der Waals surface area contributed by atoms with E-state index in [1.807, 2.05) is 5.01 Å². The summed E-state index contributed by atoms with van der Waals surface area (Å²) in [5.74, 6) is -0.234. The smallest absolute Gasteiger partial charge is 0.265 e. The number of hydrazine groups is 1. The van der Waals surface area contributed by atoms with Gasteiger partial charge in [-0.15, -0.1) is 0 Å². The van der Waals surface area contributed by atoms with Crippen LogP contribution in [0.25, 0.3) is 0 Å². The molecular weight excluding hydrogens is 338 g/mol. The Hall–Kier alpha value is -2.38. The number of nitrogens with one attached hydrogen (secondary N) is 2. The molecule has 0 aromatic heterocycles. The number of carbonyl (C=O) groups is 1. The molecule has 1 heterocycles. The number of sulfonamides is 1. The van der Waals surface area contributed by atoms with Crippen LogP contribution in [-0.2, 0) is 10.0 Å². The number of carbonyl (C=O) groups excluding carboxylic acids is 1. The molecule has 2 aromatic carbocycles. The van der Waals surface area contributed by atoms with Crippen molar-refractivity contribution in [1.29, 1.82) is 0 Å². The van der Waals surface area contributed by atoms with Gasteiger partial charge in [-0.2, -0.15) is 0 Å². The minimum atomic E-state index is -3.68. The Balaban J connectivity index is 1.72. The lowest BCUT2D eigenvalue weighted by Gasteiger charge is -2.26. The van der Waals surface area contributed by atoms with E-state index in [-0.39, 0.29) is 10.8 Å². The number of hydrogen-bond donors (Lipinski definition) is 2. The van der Waals surface area contributed by atoms with Crippen LogP contribution in [0.1, 0.15) is 29.6 Å². The van der Waals surface area contributed by atoms with Crippen molar-refractivity contribution in [3.8, 4) is 0 Å². The molecule has 7 heteroatoms. The fourth-order valence-corrected chi connectivity index (χ4v) is 3.82. The molecule has 6 nitrogen and oxygen atoms in total. The van der Waals surface area contributed by atoms with Crippen molar-refractivity contribution in [2.75, 3.05) is 17.8 Å². The molecule has 0 aliphatic carbocycles. The van der Waals surface area contributed by atoms with Crippen molar-refractivity contribution >= 4 is 21.6 Å². The van der Waals surface area contributed by atoms with Crippen LogP contribution >= 0.6 is 0 Å². The van der Waals surface area contributed by atoms with Crippen LogP contribution in [0.2, 0.25) is 0 Å². The molecule has 1 aliphatic rings. The van der Waals surface area contributed by atoms with Gasteiger partial charge in [0.25, 0.3) is 15.9 Å². The van der Waals surface area contributed by atoms with Crippen LogP contribution in [0.15, 0.2) is 59.5 Å². The van der Waals surface area contributed by atoms with Crippen LogP contribution in [0.4, 0.5) is 5.69 Å². The highest BCUT2D eigenvalue weighted by Gasteiger charge is 2.16. The van der Waals surface area contributed by atoms with E-state index in [9.17, 15) is 13.2 Å². The molecule has 2 N–H and O–H groups in total. The SMILES string of the molecule is O=C(NN1CCCCC1)c1cccc(NS(=O)(=O)c2ccccc2)c1. The van der Waals surface area contributed by atoms with Gasteiger partial charge in [-0.25, -0.2) is 13.4 Å². The van der Waals surface area contributed by atoms with Gasteiger partial charge in [-0.1, -0.05) is 30.7 Å². The number of rotatable bonds is 5. The molecule has 132 valence electrons. The number of anilines is 1. The lowest BCUT2D eigenvalue weighted by Crippen LogP contribution is -2.45. The number of piperidine rings is 1. The molecule has 1 amide bonds. The van der Waals surface area contributed by atoms with E-state index >= 15 is 0 Å². The highest BCUT2D eigenvalue weighted by molar-refractivity contribution is 7.92. The Morgan fingerprint density at radius 1 is 0.920 bits per heavy atom. The summed E-state index contributed by atoms with van der Waals surface area (Å²) in [4.78, 5) is 12.5. The number of hydrogen-bond acceptors (Lipinski definition) is 4. The quantitative estimate of drug-likeness (QED) is 0.860. The predicted octanol–water partition coefficient (Wildman–Crippen LogP) is 2.62. The summed E-state index contributed by atoms with van der Waals surface area (Å²) >= 11 is 0. The number of benzene rings is 2. The fourth-order valence-electron chi connectivity index (χ4n) is 2.75. The maximum absolute atomic E-state index is 12.4. The summed E-state index contributed by atoms with van der Waals surface area (Å²) in [5.41, 5.74) is 3.65. The molecule has 1 saturated heterocycles. The third-order valence-corrected chi connectivity index (χ3v) is 5.44. The number of nitrogens with zero attached hydrogens (tertiary/aromatic N) is 1. The topological polar surface area (TPSA) is 78.5 Å². The van der Waals surface area contributed by atoms with E-state index in [2.05, 4.69) is 10.1 Å². The van der Waals surface area contributed by atoms with Gasteiger partial charge in [-0.3, -0.25) is 14.9 Å². The molecule has 1 fully saturated rings. The molecule has 0 radical (unpaired) electrons. The predicted molar refractivity (Wildman–Crippen MR) is 96.6 cm³/mol. The molecule has 0 bridgehead atoms. The molecule has 25 heavy (non-hydrogen) atoms. The zero-order valence-electron chi connectivity index (χ0n) is 13.8. The average molecular weight is 359 g/mol. The monoisotopic (exact) mass is 359 g/mol. The zero-order chi connectivity index (χ0) is 17.7.